The zero-order valence-electron chi connectivity index (χ0n) is 9.74. The predicted molar refractivity (Wildman–Crippen MR) is 58.5 cm³/mol. The summed E-state index contributed by atoms with van der Waals surface area (Å²) in [5, 5.41) is 8.96. The Kier molecular flexibility index (Phi) is 3.02. The van der Waals surface area contributed by atoms with E-state index < -0.39 is 0 Å². The number of hydrogen-bond donors (Lipinski definition) is 1. The second-order valence-corrected chi connectivity index (χ2v) is 5.36. The summed E-state index contributed by atoms with van der Waals surface area (Å²) in [6, 6.07) is 0. The molecule has 4 nitrogen and oxygen atoms in total. The highest BCUT2D eigenvalue weighted by Crippen LogP contribution is 2.49. The van der Waals surface area contributed by atoms with Gasteiger partial charge in [0.15, 0.2) is 0 Å². The maximum Gasteiger partial charge on any atom is 0.229 e. The molecule has 1 N–H and O–H groups in total. The number of aliphatic hydroxyl groups excluding tert-OH is 1. The van der Waals surface area contributed by atoms with Crippen LogP contribution in [-0.4, -0.2) is 35.0 Å². The summed E-state index contributed by atoms with van der Waals surface area (Å²) in [7, 11) is 0. The smallest absolute Gasteiger partial charge is 0.229 e. The van der Waals surface area contributed by atoms with E-state index in [1.54, 1.807) is 0 Å². The molecule has 0 radical (unpaired) electrons. The van der Waals surface area contributed by atoms with Crippen LogP contribution in [0.5, 0.6) is 0 Å². The normalized spacial score (nSPS) is 25.0. The fourth-order valence-electron chi connectivity index (χ4n) is 2.44. The van der Waals surface area contributed by atoms with Gasteiger partial charge in [0.1, 0.15) is 0 Å². The van der Waals surface area contributed by atoms with E-state index >= 15 is 0 Å². The Morgan fingerprint density at radius 1 is 1.31 bits per heavy atom. The number of likely N-dealkylation sites (tertiary alicyclic amines) is 1. The van der Waals surface area contributed by atoms with Crippen molar-refractivity contribution in [1.29, 1.82) is 0 Å². The van der Waals surface area contributed by atoms with Crippen molar-refractivity contribution >= 4 is 11.8 Å². The zero-order chi connectivity index (χ0) is 11.8. The number of rotatable bonds is 4. The van der Waals surface area contributed by atoms with Gasteiger partial charge < -0.3 is 5.11 Å². The van der Waals surface area contributed by atoms with Crippen LogP contribution in [0, 0.1) is 11.3 Å². The Hall–Kier alpha value is -0.900. The maximum atomic E-state index is 11.8. The van der Waals surface area contributed by atoms with Crippen molar-refractivity contribution in [3.8, 4) is 0 Å². The first-order valence-electron chi connectivity index (χ1n) is 6.00. The molecule has 0 aromatic carbocycles. The molecule has 2 amide bonds. The van der Waals surface area contributed by atoms with Gasteiger partial charge in [0.25, 0.3) is 0 Å². The van der Waals surface area contributed by atoms with Crippen molar-refractivity contribution in [2.75, 3.05) is 13.2 Å². The van der Waals surface area contributed by atoms with Crippen LogP contribution in [-0.2, 0) is 9.59 Å². The van der Waals surface area contributed by atoms with Crippen LogP contribution in [0.4, 0.5) is 0 Å². The van der Waals surface area contributed by atoms with E-state index in [0.717, 1.165) is 12.8 Å². The first-order valence-corrected chi connectivity index (χ1v) is 6.00. The van der Waals surface area contributed by atoms with Gasteiger partial charge in [-0.05, 0) is 30.6 Å². The van der Waals surface area contributed by atoms with Crippen molar-refractivity contribution < 1.29 is 14.7 Å². The fourth-order valence-corrected chi connectivity index (χ4v) is 2.44. The van der Waals surface area contributed by atoms with Gasteiger partial charge in [0, 0.05) is 26.0 Å². The fraction of sp³-hybridized carbons (Fsp3) is 0.833. The van der Waals surface area contributed by atoms with Crippen molar-refractivity contribution in [2.24, 2.45) is 11.3 Å². The number of carbonyl (C=O) groups is 2. The average Bonchev–Trinajstić information content (AvgIpc) is 2.93. The molecular formula is C12H19NO3. The monoisotopic (exact) mass is 225 g/mol. The zero-order valence-corrected chi connectivity index (χ0v) is 9.74. The molecule has 90 valence electrons. The molecule has 0 unspecified atom stereocenters. The Morgan fingerprint density at radius 3 is 2.31 bits per heavy atom. The first kappa shape index (κ1) is 11.6. The standard InChI is InChI=1S/C12H19NO3/c1-9-6-10(15)13(11(16)7-9)8-12(2-3-12)4-5-14/h9,14H,2-8H2,1H3. The van der Waals surface area contributed by atoms with Gasteiger partial charge in [0.05, 0.1) is 0 Å². The number of piperidine rings is 1. The Bertz CT molecular complexity index is 291. The summed E-state index contributed by atoms with van der Waals surface area (Å²) >= 11 is 0. The highest BCUT2D eigenvalue weighted by molar-refractivity contribution is 5.97. The van der Waals surface area contributed by atoms with E-state index in [1.807, 2.05) is 6.92 Å². The molecule has 1 aliphatic heterocycles. The minimum absolute atomic E-state index is 0.0343. The predicted octanol–water partition coefficient (Wildman–Crippen LogP) is 0.934. The molecular weight excluding hydrogens is 206 g/mol. The van der Waals surface area contributed by atoms with Gasteiger partial charge in [-0.2, -0.15) is 0 Å². The molecule has 0 atom stereocenters. The molecule has 2 aliphatic rings. The summed E-state index contributed by atoms with van der Waals surface area (Å²) in [5.41, 5.74) is 0.0423. The molecule has 0 spiro atoms. The quantitative estimate of drug-likeness (QED) is 0.724. The summed E-state index contributed by atoms with van der Waals surface area (Å²) < 4.78 is 0. The lowest BCUT2D eigenvalue weighted by Crippen LogP contribution is -2.45. The van der Waals surface area contributed by atoms with Crippen LogP contribution in [0.15, 0.2) is 0 Å². The lowest BCUT2D eigenvalue weighted by Gasteiger charge is -2.31. The Balaban J connectivity index is 1.98. The summed E-state index contributed by atoms with van der Waals surface area (Å²) in [5.74, 6) is 0.116. The highest BCUT2D eigenvalue weighted by atomic mass is 16.3. The van der Waals surface area contributed by atoms with Crippen molar-refractivity contribution in [3.63, 3.8) is 0 Å². The Labute approximate surface area is 95.6 Å². The Morgan fingerprint density at radius 2 is 1.88 bits per heavy atom. The molecule has 0 aromatic heterocycles. The molecule has 1 aliphatic carbocycles. The SMILES string of the molecule is CC1CC(=O)N(CC2(CCO)CC2)C(=O)C1. The second kappa shape index (κ2) is 4.17. The van der Waals surface area contributed by atoms with Crippen LogP contribution in [0.25, 0.3) is 0 Å². The molecule has 2 rings (SSSR count). The lowest BCUT2D eigenvalue weighted by molar-refractivity contribution is -0.150. The van der Waals surface area contributed by atoms with E-state index in [4.69, 9.17) is 5.11 Å². The first-order chi connectivity index (χ1) is 7.56. The van der Waals surface area contributed by atoms with Gasteiger partial charge in [-0.3, -0.25) is 14.5 Å². The van der Waals surface area contributed by atoms with Crippen LogP contribution in [0.3, 0.4) is 0 Å². The third kappa shape index (κ3) is 2.26. The maximum absolute atomic E-state index is 11.8. The van der Waals surface area contributed by atoms with Crippen molar-refractivity contribution in [1.82, 2.24) is 4.90 Å². The van der Waals surface area contributed by atoms with E-state index in [-0.39, 0.29) is 29.8 Å². The second-order valence-electron chi connectivity index (χ2n) is 5.36. The lowest BCUT2D eigenvalue weighted by atomic mass is 9.95. The van der Waals surface area contributed by atoms with Gasteiger partial charge in [-0.1, -0.05) is 6.92 Å². The van der Waals surface area contributed by atoms with E-state index in [1.165, 1.54) is 4.90 Å². The molecule has 2 fully saturated rings. The van der Waals surface area contributed by atoms with E-state index in [2.05, 4.69) is 0 Å². The number of aliphatic hydroxyl groups is 1. The third-order valence-electron chi connectivity index (χ3n) is 3.74. The van der Waals surface area contributed by atoms with Gasteiger partial charge in [-0.25, -0.2) is 0 Å². The van der Waals surface area contributed by atoms with E-state index in [9.17, 15) is 9.59 Å². The van der Waals surface area contributed by atoms with Crippen LogP contribution in [0.1, 0.15) is 39.0 Å². The highest BCUT2D eigenvalue weighted by Gasteiger charge is 2.46. The number of carbonyl (C=O) groups excluding carboxylic acids is 2. The molecule has 1 heterocycles. The van der Waals surface area contributed by atoms with Crippen LogP contribution in [0.2, 0.25) is 0 Å². The molecule has 0 bridgehead atoms. The van der Waals surface area contributed by atoms with Gasteiger partial charge >= 0.3 is 0 Å². The average molecular weight is 225 g/mol. The number of nitrogens with zero attached hydrogens (tertiary/aromatic N) is 1. The molecule has 1 saturated carbocycles. The van der Waals surface area contributed by atoms with E-state index in [0.29, 0.717) is 25.8 Å². The summed E-state index contributed by atoms with van der Waals surface area (Å²) in [6.45, 7) is 2.61. The minimum Gasteiger partial charge on any atom is -0.396 e. The summed E-state index contributed by atoms with van der Waals surface area (Å²) in [6.07, 6.45) is 3.74. The van der Waals surface area contributed by atoms with Crippen molar-refractivity contribution in [2.45, 2.75) is 39.0 Å². The number of imide groups is 1. The third-order valence-corrected chi connectivity index (χ3v) is 3.74. The van der Waals surface area contributed by atoms with Crippen LogP contribution < -0.4 is 0 Å². The van der Waals surface area contributed by atoms with Gasteiger partial charge in [0.2, 0.25) is 11.8 Å². The summed E-state index contributed by atoms with van der Waals surface area (Å²) in [4.78, 5) is 25.0. The van der Waals surface area contributed by atoms with Gasteiger partial charge in [-0.15, -0.1) is 0 Å². The van der Waals surface area contributed by atoms with Crippen LogP contribution >= 0.6 is 0 Å². The largest absolute Gasteiger partial charge is 0.396 e. The molecule has 16 heavy (non-hydrogen) atoms. The van der Waals surface area contributed by atoms with Crippen molar-refractivity contribution in [3.05, 3.63) is 0 Å². The molecule has 0 aromatic rings. The topological polar surface area (TPSA) is 57.6 Å². The number of hydrogen-bond acceptors (Lipinski definition) is 3. The number of amides is 2. The molecule has 4 heteroatoms. The minimum atomic E-state index is -0.0343. The molecule has 1 saturated heterocycles.